The van der Waals surface area contributed by atoms with E-state index in [-0.39, 0.29) is 67.6 Å². The minimum Gasteiger partial charge on any atom is -0.493 e. The van der Waals surface area contributed by atoms with Gasteiger partial charge >= 0.3 is 0 Å². The Kier molecular flexibility index (Phi) is 10.3. The van der Waals surface area contributed by atoms with E-state index >= 15 is 0 Å². The number of unbranched alkanes of at least 4 members (excludes halogenated alkanes) is 1. The van der Waals surface area contributed by atoms with Gasteiger partial charge in [-0.15, -0.1) is 13.2 Å². The van der Waals surface area contributed by atoms with Crippen LogP contribution >= 0.6 is 0 Å². The minimum atomic E-state index is -0.786. The summed E-state index contributed by atoms with van der Waals surface area (Å²) in [6.45, 7) is 7.49. The van der Waals surface area contributed by atoms with Gasteiger partial charge in [0, 0.05) is 36.8 Å². The number of carbonyl (C=O) groups is 3. The van der Waals surface area contributed by atoms with Crippen LogP contribution in [0.3, 0.4) is 0 Å². The van der Waals surface area contributed by atoms with Gasteiger partial charge in [-0.05, 0) is 43.7 Å². The topological polar surface area (TPSA) is 110 Å². The molecule has 1 aliphatic heterocycles. The molecule has 1 aliphatic carbocycles. The van der Waals surface area contributed by atoms with Gasteiger partial charge in [-0.25, -0.2) is 14.1 Å². The molecule has 0 spiro atoms. The van der Waals surface area contributed by atoms with Gasteiger partial charge in [0.2, 0.25) is 11.3 Å². The molecule has 240 valence electrons. The molecule has 0 saturated heterocycles. The van der Waals surface area contributed by atoms with Crippen LogP contribution in [0.25, 0.3) is 0 Å². The lowest BCUT2D eigenvalue weighted by atomic mass is 10.1. The molecule has 3 aromatic rings. The molecule has 0 unspecified atom stereocenters. The highest BCUT2D eigenvalue weighted by molar-refractivity contribution is 6.01. The summed E-state index contributed by atoms with van der Waals surface area (Å²) in [5.41, 5.74) is 0.0252. The van der Waals surface area contributed by atoms with Crippen LogP contribution in [0.1, 0.15) is 70.5 Å². The molecular formula is C35H37FN4O6. The van der Waals surface area contributed by atoms with E-state index in [9.17, 15) is 23.6 Å². The summed E-state index contributed by atoms with van der Waals surface area (Å²) in [6, 6.07) is 13.0. The molecule has 2 aromatic carbocycles. The standard InChI is InChI=1S/C35H37FN4O6/c1-3-5-8-13-30(41)40-23-38(27-16-17-27)35(44)31-33(46-22-24-11-9-7-10-12-24)32(42)28(21-39(31)40)34(43)37-20-25-14-15-26(36)19-29(25)45-18-6-4-2/h3-4,7,9-12,14-15,19,21,27H,1-2,5-6,8,13,16-18,20,22-23H2,(H,37,43). The van der Waals surface area contributed by atoms with Crippen molar-refractivity contribution in [1.82, 2.24) is 14.9 Å². The van der Waals surface area contributed by atoms with Crippen LogP contribution in [-0.4, -0.2) is 46.6 Å². The number of fused-ring (bicyclic) bond motifs is 1. The lowest BCUT2D eigenvalue weighted by Crippen LogP contribution is -2.57. The zero-order valence-electron chi connectivity index (χ0n) is 25.6. The van der Waals surface area contributed by atoms with E-state index in [1.54, 1.807) is 17.1 Å². The number of nitrogens with one attached hydrogen (secondary N) is 1. The number of hydrogen-bond acceptors (Lipinski definition) is 6. The van der Waals surface area contributed by atoms with E-state index in [4.69, 9.17) is 9.47 Å². The normalized spacial score (nSPS) is 14.0. The summed E-state index contributed by atoms with van der Waals surface area (Å²) in [5, 5.41) is 4.09. The first-order valence-corrected chi connectivity index (χ1v) is 15.3. The molecule has 0 bridgehead atoms. The highest BCUT2D eigenvalue weighted by atomic mass is 19.1. The second kappa shape index (κ2) is 14.7. The Balaban J connectivity index is 1.52. The zero-order chi connectivity index (χ0) is 32.6. The van der Waals surface area contributed by atoms with E-state index in [1.807, 2.05) is 30.3 Å². The fraction of sp³-hybridized carbons (Fsp3) is 0.314. The van der Waals surface area contributed by atoms with E-state index in [2.05, 4.69) is 18.5 Å². The van der Waals surface area contributed by atoms with Crippen molar-refractivity contribution in [1.29, 1.82) is 0 Å². The number of nitrogens with zero attached hydrogens (tertiary/aromatic N) is 3. The number of pyridine rings is 1. The Morgan fingerprint density at radius 3 is 2.50 bits per heavy atom. The second-order valence-electron chi connectivity index (χ2n) is 11.2. The molecule has 3 amide bonds. The summed E-state index contributed by atoms with van der Waals surface area (Å²) in [5.74, 6) is -2.05. The average molecular weight is 629 g/mol. The molecule has 1 N–H and O–H groups in total. The Morgan fingerprint density at radius 2 is 1.78 bits per heavy atom. The summed E-state index contributed by atoms with van der Waals surface area (Å²) < 4.78 is 27.0. The number of aromatic nitrogens is 1. The Morgan fingerprint density at radius 1 is 1.02 bits per heavy atom. The van der Waals surface area contributed by atoms with Crippen LogP contribution in [-0.2, 0) is 17.9 Å². The molecule has 1 aromatic heterocycles. The first kappa shape index (κ1) is 32.2. The fourth-order valence-electron chi connectivity index (χ4n) is 5.13. The van der Waals surface area contributed by atoms with Gasteiger partial charge in [-0.1, -0.05) is 48.6 Å². The van der Waals surface area contributed by atoms with Crippen molar-refractivity contribution in [2.75, 3.05) is 18.3 Å². The summed E-state index contributed by atoms with van der Waals surface area (Å²) in [6.07, 6.45) is 8.09. The number of benzene rings is 2. The van der Waals surface area contributed by atoms with Crippen LogP contribution < -0.4 is 25.2 Å². The molecule has 2 heterocycles. The van der Waals surface area contributed by atoms with E-state index < -0.39 is 23.1 Å². The lowest BCUT2D eigenvalue weighted by molar-refractivity contribution is -0.121. The maximum Gasteiger partial charge on any atom is 0.278 e. The maximum absolute atomic E-state index is 14.0. The molecule has 10 nitrogen and oxygen atoms in total. The predicted octanol–water partition coefficient (Wildman–Crippen LogP) is 4.85. The molecule has 1 saturated carbocycles. The van der Waals surface area contributed by atoms with Gasteiger partial charge in [-0.3, -0.25) is 19.2 Å². The highest BCUT2D eigenvalue weighted by Crippen LogP contribution is 2.33. The van der Waals surface area contributed by atoms with Crippen molar-refractivity contribution in [3.63, 3.8) is 0 Å². The van der Waals surface area contributed by atoms with Gasteiger partial charge in [0.15, 0.2) is 11.4 Å². The van der Waals surface area contributed by atoms with Gasteiger partial charge in [0.1, 0.15) is 30.4 Å². The predicted molar refractivity (Wildman–Crippen MR) is 171 cm³/mol. The summed E-state index contributed by atoms with van der Waals surface area (Å²) in [4.78, 5) is 56.6. The zero-order valence-corrected chi connectivity index (χ0v) is 25.6. The van der Waals surface area contributed by atoms with E-state index in [1.165, 1.54) is 34.1 Å². The van der Waals surface area contributed by atoms with Crippen LogP contribution in [0.4, 0.5) is 4.39 Å². The van der Waals surface area contributed by atoms with Crippen LogP contribution in [0.5, 0.6) is 11.5 Å². The Bertz CT molecular complexity index is 1680. The summed E-state index contributed by atoms with van der Waals surface area (Å²) >= 11 is 0. The average Bonchev–Trinajstić information content (AvgIpc) is 3.90. The van der Waals surface area contributed by atoms with Crippen molar-refractivity contribution < 1.29 is 28.2 Å². The third kappa shape index (κ3) is 7.36. The van der Waals surface area contributed by atoms with Gasteiger partial charge in [0.25, 0.3) is 11.8 Å². The Labute approximate surface area is 266 Å². The first-order chi connectivity index (χ1) is 22.3. The molecule has 11 heteroatoms. The highest BCUT2D eigenvalue weighted by Gasteiger charge is 2.43. The number of carbonyl (C=O) groups excluding carboxylic acids is 3. The largest absolute Gasteiger partial charge is 0.493 e. The Hall–Kier alpha value is -5.19. The number of amides is 3. The quantitative estimate of drug-likeness (QED) is 0.190. The van der Waals surface area contributed by atoms with Crippen LogP contribution in [0.15, 0.2) is 84.8 Å². The molecule has 0 atom stereocenters. The smallest absolute Gasteiger partial charge is 0.278 e. The fourth-order valence-corrected chi connectivity index (χ4v) is 5.13. The number of allylic oxidation sites excluding steroid dienone is 1. The van der Waals surface area contributed by atoms with Crippen molar-refractivity contribution >= 4 is 17.7 Å². The van der Waals surface area contributed by atoms with Crippen molar-refractivity contribution in [2.45, 2.75) is 57.7 Å². The molecular weight excluding hydrogens is 591 g/mol. The van der Waals surface area contributed by atoms with E-state index in [0.29, 0.717) is 24.8 Å². The summed E-state index contributed by atoms with van der Waals surface area (Å²) in [7, 11) is 0. The molecule has 46 heavy (non-hydrogen) atoms. The van der Waals surface area contributed by atoms with Gasteiger partial charge in [0.05, 0.1) is 6.61 Å². The number of halogens is 1. The molecule has 2 aliphatic rings. The first-order valence-electron chi connectivity index (χ1n) is 15.3. The number of ether oxygens (including phenoxy) is 2. The van der Waals surface area contributed by atoms with Gasteiger partial charge in [-0.2, -0.15) is 0 Å². The second-order valence-corrected chi connectivity index (χ2v) is 11.2. The van der Waals surface area contributed by atoms with Crippen molar-refractivity contribution in [2.24, 2.45) is 0 Å². The number of hydrogen-bond donors (Lipinski definition) is 1. The number of rotatable bonds is 15. The molecule has 1 fully saturated rings. The van der Waals surface area contributed by atoms with E-state index in [0.717, 1.165) is 18.4 Å². The van der Waals surface area contributed by atoms with Crippen molar-refractivity contribution in [3.8, 4) is 11.5 Å². The SMILES string of the molecule is C=CCCCC(=O)N1CN(C2CC2)C(=O)c2c(OCc3ccccc3)c(=O)c(C(=O)NCc3ccc(F)cc3OCCC=C)cn21. The van der Waals surface area contributed by atoms with Crippen LogP contribution in [0, 0.1) is 5.82 Å². The minimum absolute atomic E-state index is 0.0214. The van der Waals surface area contributed by atoms with Crippen molar-refractivity contribution in [3.05, 3.63) is 118 Å². The molecule has 0 radical (unpaired) electrons. The monoisotopic (exact) mass is 628 g/mol. The third-order valence-electron chi connectivity index (χ3n) is 7.75. The molecule has 5 rings (SSSR count). The lowest BCUT2D eigenvalue weighted by Gasteiger charge is -2.39. The third-order valence-corrected chi connectivity index (χ3v) is 7.75. The maximum atomic E-state index is 14.0. The van der Waals surface area contributed by atoms with Gasteiger partial charge < -0.3 is 19.7 Å². The van der Waals surface area contributed by atoms with Crippen LogP contribution in [0.2, 0.25) is 0 Å².